The molecule has 1 amide bonds. The third kappa shape index (κ3) is 2.60. The number of hydrogen-bond donors (Lipinski definition) is 0. The van der Waals surface area contributed by atoms with E-state index in [1.807, 2.05) is 41.3 Å². The van der Waals surface area contributed by atoms with Gasteiger partial charge in [0.2, 0.25) is 0 Å². The quantitative estimate of drug-likeness (QED) is 0.801. The molecule has 1 aromatic heterocycles. The van der Waals surface area contributed by atoms with E-state index in [0.29, 0.717) is 6.67 Å². The van der Waals surface area contributed by atoms with Crippen molar-refractivity contribution in [3.63, 3.8) is 0 Å². The van der Waals surface area contributed by atoms with Gasteiger partial charge in [-0.3, -0.25) is 14.6 Å². The minimum absolute atomic E-state index is 0.0665. The van der Waals surface area contributed by atoms with E-state index in [4.69, 9.17) is 0 Å². The highest BCUT2D eigenvalue weighted by atomic mass is 32.1. The largest absolute Gasteiger partial charge is 0.286 e. The third-order valence-electron chi connectivity index (χ3n) is 4.11. The number of fused-ring (bicyclic) bond motifs is 1. The summed E-state index contributed by atoms with van der Waals surface area (Å²) in [4.78, 5) is 18.4. The Kier molecular flexibility index (Phi) is 4.14. The zero-order valence-electron chi connectivity index (χ0n) is 13.0. The molecule has 0 unspecified atom stereocenters. The van der Waals surface area contributed by atoms with Gasteiger partial charge in [0.15, 0.2) is 0 Å². The van der Waals surface area contributed by atoms with Gasteiger partial charge < -0.3 is 0 Å². The summed E-state index contributed by atoms with van der Waals surface area (Å²) in [6.07, 6.45) is 1.89. The highest BCUT2D eigenvalue weighted by Gasteiger charge is 2.30. The SMILES string of the molecule is C=CCN1Cc2c(sc(C)c2C)N(C(=O)c2ccccc2)C1. The van der Waals surface area contributed by atoms with Crippen LogP contribution in [0.3, 0.4) is 0 Å². The van der Waals surface area contributed by atoms with Crippen molar-refractivity contribution in [1.82, 2.24) is 4.90 Å². The zero-order valence-corrected chi connectivity index (χ0v) is 13.8. The van der Waals surface area contributed by atoms with E-state index >= 15 is 0 Å². The number of carbonyl (C=O) groups is 1. The summed E-state index contributed by atoms with van der Waals surface area (Å²) < 4.78 is 0. The lowest BCUT2D eigenvalue weighted by Gasteiger charge is -2.35. The molecule has 0 N–H and O–H groups in total. The summed E-state index contributed by atoms with van der Waals surface area (Å²) in [6.45, 7) is 10.4. The lowest BCUT2D eigenvalue weighted by Crippen LogP contribution is -2.45. The highest BCUT2D eigenvalue weighted by molar-refractivity contribution is 7.16. The Labute approximate surface area is 135 Å². The number of thiophene rings is 1. The summed E-state index contributed by atoms with van der Waals surface area (Å²) in [5.41, 5.74) is 3.32. The fraction of sp³-hybridized carbons (Fsp3) is 0.278. The van der Waals surface area contributed by atoms with Gasteiger partial charge >= 0.3 is 0 Å². The zero-order chi connectivity index (χ0) is 15.7. The van der Waals surface area contributed by atoms with Crippen LogP contribution in [0.15, 0.2) is 43.0 Å². The van der Waals surface area contributed by atoms with Gasteiger partial charge in [-0.2, -0.15) is 0 Å². The monoisotopic (exact) mass is 312 g/mol. The van der Waals surface area contributed by atoms with E-state index in [0.717, 1.165) is 23.7 Å². The summed E-state index contributed by atoms with van der Waals surface area (Å²) in [5.74, 6) is 0.0665. The molecule has 0 bridgehead atoms. The molecular formula is C18H20N2OS. The van der Waals surface area contributed by atoms with Crippen molar-refractivity contribution in [2.24, 2.45) is 0 Å². The number of rotatable bonds is 3. The molecule has 0 aliphatic carbocycles. The third-order valence-corrected chi connectivity index (χ3v) is 5.38. The first kappa shape index (κ1) is 15.0. The Bertz CT molecular complexity index is 705. The van der Waals surface area contributed by atoms with Gasteiger partial charge in [0.05, 0.1) is 6.67 Å². The minimum Gasteiger partial charge on any atom is -0.286 e. The Morgan fingerprint density at radius 2 is 2.05 bits per heavy atom. The second kappa shape index (κ2) is 6.07. The number of hydrogen-bond acceptors (Lipinski definition) is 3. The van der Waals surface area contributed by atoms with Gasteiger partial charge in [0, 0.05) is 29.1 Å². The van der Waals surface area contributed by atoms with Crippen molar-refractivity contribution in [3.05, 3.63) is 64.6 Å². The molecule has 1 aliphatic heterocycles. The van der Waals surface area contributed by atoms with E-state index in [-0.39, 0.29) is 5.91 Å². The van der Waals surface area contributed by atoms with Crippen LogP contribution in [0, 0.1) is 13.8 Å². The minimum atomic E-state index is 0.0665. The predicted octanol–water partition coefficient (Wildman–Crippen LogP) is 3.97. The molecule has 0 fully saturated rings. The van der Waals surface area contributed by atoms with Gasteiger partial charge in [0.1, 0.15) is 5.00 Å². The van der Waals surface area contributed by atoms with Crippen molar-refractivity contribution in [1.29, 1.82) is 0 Å². The lowest BCUT2D eigenvalue weighted by atomic mass is 10.1. The number of amides is 1. The molecule has 0 atom stereocenters. The maximum Gasteiger partial charge on any atom is 0.260 e. The van der Waals surface area contributed by atoms with E-state index in [1.165, 1.54) is 16.0 Å². The molecule has 22 heavy (non-hydrogen) atoms. The van der Waals surface area contributed by atoms with Crippen molar-refractivity contribution >= 4 is 22.2 Å². The molecule has 1 aliphatic rings. The smallest absolute Gasteiger partial charge is 0.260 e. The van der Waals surface area contributed by atoms with E-state index < -0.39 is 0 Å². The second-order valence-electron chi connectivity index (χ2n) is 5.61. The van der Waals surface area contributed by atoms with Gasteiger partial charge in [-0.05, 0) is 31.5 Å². The molecule has 3 rings (SSSR count). The normalized spacial score (nSPS) is 14.7. The van der Waals surface area contributed by atoms with Crippen LogP contribution < -0.4 is 4.90 Å². The Hall–Kier alpha value is -1.91. The average molecular weight is 312 g/mol. The Balaban J connectivity index is 2.01. The first-order chi connectivity index (χ1) is 10.6. The van der Waals surface area contributed by atoms with Crippen molar-refractivity contribution < 1.29 is 4.79 Å². The standard InChI is InChI=1S/C18H20N2OS/c1-4-10-19-11-16-13(2)14(3)22-18(16)20(12-19)17(21)15-8-6-5-7-9-15/h4-9H,1,10-12H2,2-3H3. The fourth-order valence-electron chi connectivity index (χ4n) is 2.80. The second-order valence-corrected chi connectivity index (χ2v) is 6.81. The first-order valence-electron chi connectivity index (χ1n) is 7.41. The summed E-state index contributed by atoms with van der Waals surface area (Å²) >= 11 is 1.72. The lowest BCUT2D eigenvalue weighted by molar-refractivity contribution is 0.0963. The van der Waals surface area contributed by atoms with E-state index in [9.17, 15) is 4.79 Å². The molecule has 0 saturated heterocycles. The van der Waals surface area contributed by atoms with Crippen LogP contribution in [0.25, 0.3) is 0 Å². The first-order valence-corrected chi connectivity index (χ1v) is 8.22. The van der Waals surface area contributed by atoms with Gasteiger partial charge in [-0.15, -0.1) is 17.9 Å². The number of carbonyl (C=O) groups excluding carboxylic acids is 1. The molecule has 2 aromatic rings. The molecule has 0 spiro atoms. The molecule has 2 heterocycles. The molecule has 4 heteroatoms. The van der Waals surface area contributed by atoms with Crippen LogP contribution in [-0.2, 0) is 6.54 Å². The molecule has 1 aromatic carbocycles. The molecular weight excluding hydrogens is 292 g/mol. The average Bonchev–Trinajstić information content (AvgIpc) is 2.83. The van der Waals surface area contributed by atoms with Crippen LogP contribution >= 0.6 is 11.3 Å². The number of nitrogens with zero attached hydrogens (tertiary/aromatic N) is 2. The maximum absolute atomic E-state index is 12.9. The fourth-order valence-corrected chi connectivity index (χ4v) is 3.95. The molecule has 3 nitrogen and oxygen atoms in total. The van der Waals surface area contributed by atoms with Crippen molar-refractivity contribution in [2.75, 3.05) is 18.1 Å². The number of anilines is 1. The van der Waals surface area contributed by atoms with Gasteiger partial charge in [-0.1, -0.05) is 24.3 Å². The number of benzene rings is 1. The van der Waals surface area contributed by atoms with Crippen LogP contribution in [-0.4, -0.2) is 24.0 Å². The molecule has 114 valence electrons. The van der Waals surface area contributed by atoms with Crippen molar-refractivity contribution in [3.8, 4) is 0 Å². The van der Waals surface area contributed by atoms with E-state index in [2.05, 4.69) is 25.3 Å². The summed E-state index contributed by atoms with van der Waals surface area (Å²) in [6, 6.07) is 9.50. The van der Waals surface area contributed by atoms with Gasteiger partial charge in [-0.25, -0.2) is 0 Å². The maximum atomic E-state index is 12.9. The summed E-state index contributed by atoms with van der Waals surface area (Å²) in [7, 11) is 0. The number of aryl methyl sites for hydroxylation is 1. The topological polar surface area (TPSA) is 23.6 Å². The van der Waals surface area contributed by atoms with E-state index in [1.54, 1.807) is 11.3 Å². The Morgan fingerprint density at radius 3 is 2.73 bits per heavy atom. The molecule has 0 radical (unpaired) electrons. The van der Waals surface area contributed by atoms with Crippen LogP contribution in [0.1, 0.15) is 26.4 Å². The van der Waals surface area contributed by atoms with Crippen LogP contribution in [0.5, 0.6) is 0 Å². The summed E-state index contributed by atoms with van der Waals surface area (Å²) in [5, 5.41) is 1.10. The van der Waals surface area contributed by atoms with Crippen LogP contribution in [0.4, 0.5) is 5.00 Å². The van der Waals surface area contributed by atoms with Gasteiger partial charge in [0.25, 0.3) is 5.91 Å². The molecule has 0 saturated carbocycles. The Morgan fingerprint density at radius 1 is 1.32 bits per heavy atom. The highest BCUT2D eigenvalue weighted by Crippen LogP contribution is 2.39. The van der Waals surface area contributed by atoms with Crippen LogP contribution in [0.2, 0.25) is 0 Å². The predicted molar refractivity (Wildman–Crippen MR) is 92.5 cm³/mol. The van der Waals surface area contributed by atoms with Crippen molar-refractivity contribution in [2.45, 2.75) is 20.4 Å².